The number of hydrogen-bond acceptors (Lipinski definition) is 1. The molecule has 1 aromatic heterocycles. The molecule has 1 heterocycles. The van der Waals surface area contributed by atoms with E-state index in [1.807, 2.05) is 6.07 Å². The highest BCUT2D eigenvalue weighted by atomic mass is 16.3. The average molecular weight is 262 g/mol. The Labute approximate surface area is 119 Å². The van der Waals surface area contributed by atoms with Crippen molar-refractivity contribution >= 4 is 17.0 Å². The monoisotopic (exact) mass is 262 g/mol. The highest BCUT2D eigenvalue weighted by Gasteiger charge is 2.26. The van der Waals surface area contributed by atoms with E-state index in [-0.39, 0.29) is 0 Å². The zero-order valence-electron chi connectivity index (χ0n) is 11.7. The highest BCUT2D eigenvalue weighted by molar-refractivity contribution is 5.89. The summed E-state index contributed by atoms with van der Waals surface area (Å²) < 4.78 is 6.16. The highest BCUT2D eigenvalue weighted by Crippen LogP contribution is 2.42. The van der Waals surface area contributed by atoms with E-state index >= 15 is 0 Å². The van der Waals surface area contributed by atoms with E-state index in [9.17, 15) is 0 Å². The fraction of sp³-hybridized carbons (Fsp3) is 0.263. The maximum Gasteiger partial charge on any atom is 0.134 e. The van der Waals surface area contributed by atoms with Gasteiger partial charge in [-0.3, -0.25) is 0 Å². The van der Waals surface area contributed by atoms with Gasteiger partial charge in [0.1, 0.15) is 11.3 Å². The Morgan fingerprint density at radius 2 is 2.00 bits per heavy atom. The molecule has 2 aliphatic carbocycles. The molecule has 4 rings (SSSR count). The molecule has 2 unspecified atom stereocenters. The Hall–Kier alpha value is -2.02. The van der Waals surface area contributed by atoms with Crippen LogP contribution in [0.2, 0.25) is 0 Å². The van der Waals surface area contributed by atoms with Gasteiger partial charge in [0, 0.05) is 16.9 Å². The van der Waals surface area contributed by atoms with Crippen molar-refractivity contribution in [1.82, 2.24) is 0 Å². The lowest BCUT2D eigenvalue weighted by atomic mass is 9.83. The first-order chi connectivity index (χ1) is 9.83. The summed E-state index contributed by atoms with van der Waals surface area (Å²) in [6.45, 7) is 2.26. The molecule has 0 saturated heterocycles. The van der Waals surface area contributed by atoms with E-state index in [4.69, 9.17) is 4.42 Å². The quantitative estimate of drug-likeness (QED) is 0.665. The molecule has 0 N–H and O–H groups in total. The molecule has 2 atom stereocenters. The Bertz CT molecular complexity index is 742. The summed E-state index contributed by atoms with van der Waals surface area (Å²) in [6.07, 6.45) is 13.7. The Morgan fingerprint density at radius 3 is 2.85 bits per heavy atom. The topological polar surface area (TPSA) is 13.1 Å². The second kappa shape index (κ2) is 4.52. The lowest BCUT2D eigenvalue weighted by molar-refractivity contribution is 0.514. The van der Waals surface area contributed by atoms with Gasteiger partial charge in [0.2, 0.25) is 0 Å². The van der Waals surface area contributed by atoms with Gasteiger partial charge in [0.25, 0.3) is 0 Å². The second-order valence-corrected chi connectivity index (χ2v) is 5.84. The number of fused-ring (bicyclic) bond motifs is 3. The summed E-state index contributed by atoms with van der Waals surface area (Å²) in [6, 6.07) is 8.33. The van der Waals surface area contributed by atoms with Gasteiger partial charge >= 0.3 is 0 Å². The minimum absolute atomic E-state index is 0.381. The third kappa shape index (κ3) is 1.77. The lowest BCUT2D eigenvalue weighted by Crippen LogP contribution is -2.07. The number of rotatable bonds is 1. The summed E-state index contributed by atoms with van der Waals surface area (Å²) in [5.74, 6) is 2.18. The van der Waals surface area contributed by atoms with Crippen LogP contribution < -0.4 is 0 Å². The molecule has 20 heavy (non-hydrogen) atoms. The lowest BCUT2D eigenvalue weighted by Gasteiger charge is -2.21. The molecule has 0 spiro atoms. The summed E-state index contributed by atoms with van der Waals surface area (Å²) >= 11 is 0. The van der Waals surface area contributed by atoms with Crippen LogP contribution in [0.15, 0.2) is 58.6 Å². The molecule has 0 saturated carbocycles. The normalized spacial score (nSPS) is 24.8. The molecule has 0 radical (unpaired) electrons. The van der Waals surface area contributed by atoms with Crippen molar-refractivity contribution in [2.24, 2.45) is 5.92 Å². The van der Waals surface area contributed by atoms with E-state index in [2.05, 4.69) is 55.5 Å². The fourth-order valence-corrected chi connectivity index (χ4v) is 3.23. The zero-order valence-corrected chi connectivity index (χ0v) is 11.7. The molecule has 1 heteroatoms. The van der Waals surface area contributed by atoms with Crippen LogP contribution in [-0.4, -0.2) is 0 Å². The predicted octanol–water partition coefficient (Wildman–Crippen LogP) is 5.46. The van der Waals surface area contributed by atoms with Gasteiger partial charge in [-0.15, -0.1) is 0 Å². The van der Waals surface area contributed by atoms with Crippen molar-refractivity contribution in [3.8, 4) is 0 Å². The van der Waals surface area contributed by atoms with Crippen molar-refractivity contribution in [2.45, 2.75) is 25.7 Å². The Morgan fingerprint density at radius 1 is 1.10 bits per heavy atom. The molecule has 2 aromatic rings. The Balaban J connectivity index is 1.83. The molecule has 100 valence electrons. The van der Waals surface area contributed by atoms with Crippen LogP contribution in [-0.2, 0) is 0 Å². The minimum Gasteiger partial charge on any atom is -0.460 e. The number of allylic oxidation sites excluding steroid dienone is 5. The first kappa shape index (κ1) is 11.8. The maximum absolute atomic E-state index is 6.16. The average Bonchev–Trinajstić information content (AvgIpc) is 2.87. The van der Waals surface area contributed by atoms with Crippen molar-refractivity contribution in [3.63, 3.8) is 0 Å². The third-order valence-electron chi connectivity index (χ3n) is 4.38. The van der Waals surface area contributed by atoms with E-state index < -0.39 is 0 Å². The van der Waals surface area contributed by atoms with Gasteiger partial charge in [-0.2, -0.15) is 0 Å². The summed E-state index contributed by atoms with van der Waals surface area (Å²) in [5, 5.41) is 1.23. The van der Waals surface area contributed by atoms with Crippen LogP contribution >= 0.6 is 0 Å². The smallest absolute Gasteiger partial charge is 0.134 e. The first-order valence-electron chi connectivity index (χ1n) is 7.39. The third-order valence-corrected chi connectivity index (χ3v) is 4.38. The molecule has 0 fully saturated rings. The zero-order chi connectivity index (χ0) is 13.5. The van der Waals surface area contributed by atoms with Crippen LogP contribution in [0.4, 0.5) is 0 Å². The molecular formula is C19H18O. The van der Waals surface area contributed by atoms with E-state index in [1.165, 1.54) is 16.5 Å². The van der Waals surface area contributed by atoms with E-state index in [0.29, 0.717) is 11.8 Å². The van der Waals surface area contributed by atoms with Crippen molar-refractivity contribution in [3.05, 3.63) is 65.5 Å². The first-order valence-corrected chi connectivity index (χ1v) is 7.39. The van der Waals surface area contributed by atoms with Gasteiger partial charge in [0.15, 0.2) is 0 Å². The van der Waals surface area contributed by atoms with Gasteiger partial charge in [-0.25, -0.2) is 0 Å². The second-order valence-electron chi connectivity index (χ2n) is 5.84. The molecular weight excluding hydrogens is 244 g/mol. The standard InChI is InChI=1S/C19H18O/c1-13-9-11-14(12-10-13)15-6-4-7-17-16-5-2-3-8-18(16)20-19(15)17/h2-5,7-9,11-13,15H,6,10H2,1H3. The molecule has 1 aromatic carbocycles. The number of benzene rings is 1. The minimum atomic E-state index is 0.381. The van der Waals surface area contributed by atoms with E-state index in [1.54, 1.807) is 0 Å². The molecule has 2 aliphatic rings. The van der Waals surface area contributed by atoms with Gasteiger partial charge in [0.05, 0.1) is 0 Å². The van der Waals surface area contributed by atoms with Crippen molar-refractivity contribution < 1.29 is 4.42 Å². The largest absolute Gasteiger partial charge is 0.460 e. The molecule has 0 aliphatic heterocycles. The molecule has 1 nitrogen and oxygen atoms in total. The fourth-order valence-electron chi connectivity index (χ4n) is 3.23. The van der Waals surface area contributed by atoms with Crippen molar-refractivity contribution in [2.75, 3.05) is 0 Å². The number of hydrogen-bond donors (Lipinski definition) is 0. The van der Waals surface area contributed by atoms with E-state index in [0.717, 1.165) is 24.2 Å². The van der Waals surface area contributed by atoms with Crippen LogP contribution in [0.5, 0.6) is 0 Å². The van der Waals surface area contributed by atoms with Gasteiger partial charge in [-0.05, 0) is 30.4 Å². The van der Waals surface area contributed by atoms with Crippen LogP contribution in [0, 0.1) is 5.92 Å². The Kier molecular flexibility index (Phi) is 2.66. The molecule has 0 bridgehead atoms. The SMILES string of the molecule is CC1C=CC(C2CC=Cc3c2oc2ccccc32)=CC1. The summed E-state index contributed by atoms with van der Waals surface area (Å²) in [5.41, 5.74) is 3.68. The maximum atomic E-state index is 6.16. The van der Waals surface area contributed by atoms with Crippen molar-refractivity contribution in [1.29, 1.82) is 0 Å². The van der Waals surface area contributed by atoms with Gasteiger partial charge < -0.3 is 4.42 Å². The summed E-state index contributed by atoms with van der Waals surface area (Å²) in [7, 11) is 0. The number of para-hydroxylation sites is 1. The van der Waals surface area contributed by atoms with Crippen LogP contribution in [0.3, 0.4) is 0 Å². The summed E-state index contributed by atoms with van der Waals surface area (Å²) in [4.78, 5) is 0. The predicted molar refractivity (Wildman–Crippen MR) is 83.6 cm³/mol. The molecule has 0 amide bonds. The van der Waals surface area contributed by atoms with Gasteiger partial charge in [-0.1, -0.05) is 55.5 Å². The van der Waals surface area contributed by atoms with Crippen LogP contribution in [0.1, 0.15) is 37.0 Å². The number of furan rings is 1. The van der Waals surface area contributed by atoms with Crippen LogP contribution in [0.25, 0.3) is 17.0 Å².